The van der Waals surface area contributed by atoms with Crippen LogP contribution in [0.4, 0.5) is 5.69 Å². The predicted molar refractivity (Wildman–Crippen MR) is 81.3 cm³/mol. The van der Waals surface area contributed by atoms with E-state index in [1.165, 1.54) is 18.4 Å². The first-order valence-corrected chi connectivity index (χ1v) is 6.89. The molecule has 2 nitrogen and oxygen atoms in total. The first kappa shape index (κ1) is 13.5. The molecule has 0 aliphatic carbocycles. The van der Waals surface area contributed by atoms with Crippen molar-refractivity contribution in [2.45, 2.75) is 26.2 Å². The fourth-order valence-corrected chi connectivity index (χ4v) is 2.02. The van der Waals surface area contributed by atoms with Crippen molar-refractivity contribution < 1.29 is 4.74 Å². The van der Waals surface area contributed by atoms with Crippen LogP contribution in [0.25, 0.3) is 11.1 Å². The number of hydrogen-bond donors (Lipinski definition) is 1. The molecular formula is C17H21NO. The van der Waals surface area contributed by atoms with Crippen LogP contribution in [0.5, 0.6) is 5.75 Å². The topological polar surface area (TPSA) is 35.2 Å². The molecule has 2 aromatic rings. The Labute approximate surface area is 115 Å². The lowest BCUT2D eigenvalue weighted by Crippen LogP contribution is -2.00. The van der Waals surface area contributed by atoms with Gasteiger partial charge >= 0.3 is 0 Å². The lowest BCUT2D eigenvalue weighted by Gasteiger charge is -2.10. The Morgan fingerprint density at radius 3 is 2.42 bits per heavy atom. The highest BCUT2D eigenvalue weighted by molar-refractivity contribution is 5.70. The van der Waals surface area contributed by atoms with Crippen LogP contribution in [0.2, 0.25) is 0 Å². The second-order valence-electron chi connectivity index (χ2n) is 4.67. The first-order chi connectivity index (χ1) is 9.31. The molecule has 0 bridgehead atoms. The summed E-state index contributed by atoms with van der Waals surface area (Å²) in [4.78, 5) is 0. The lowest BCUT2D eigenvalue weighted by atomic mass is 10.1. The Morgan fingerprint density at radius 1 is 0.947 bits per heavy atom. The Morgan fingerprint density at radius 2 is 1.74 bits per heavy atom. The average molecular weight is 255 g/mol. The van der Waals surface area contributed by atoms with Crippen LogP contribution in [0, 0.1) is 0 Å². The zero-order valence-corrected chi connectivity index (χ0v) is 11.4. The molecule has 2 aromatic carbocycles. The van der Waals surface area contributed by atoms with Crippen LogP contribution in [-0.4, -0.2) is 6.61 Å². The molecule has 0 spiro atoms. The second-order valence-corrected chi connectivity index (χ2v) is 4.67. The van der Waals surface area contributed by atoms with Crippen molar-refractivity contribution in [2.24, 2.45) is 0 Å². The summed E-state index contributed by atoms with van der Waals surface area (Å²) in [5.74, 6) is 0.788. The minimum absolute atomic E-state index is 0.706. The van der Waals surface area contributed by atoms with E-state index in [0.29, 0.717) is 5.69 Å². The zero-order valence-electron chi connectivity index (χ0n) is 11.4. The van der Waals surface area contributed by atoms with Crippen LogP contribution in [0.1, 0.15) is 26.2 Å². The number of benzene rings is 2. The van der Waals surface area contributed by atoms with Crippen LogP contribution < -0.4 is 10.5 Å². The molecule has 0 amide bonds. The molecule has 0 aliphatic heterocycles. The molecule has 2 N–H and O–H groups in total. The highest BCUT2D eigenvalue weighted by Crippen LogP contribution is 2.28. The van der Waals surface area contributed by atoms with Crippen LogP contribution in [0.3, 0.4) is 0 Å². The maximum atomic E-state index is 6.05. The molecule has 2 heteroatoms. The first-order valence-electron chi connectivity index (χ1n) is 6.89. The maximum absolute atomic E-state index is 6.05. The fraction of sp³-hybridized carbons (Fsp3) is 0.294. The van der Waals surface area contributed by atoms with Gasteiger partial charge in [0.25, 0.3) is 0 Å². The summed E-state index contributed by atoms with van der Waals surface area (Å²) in [6.45, 7) is 2.92. The normalized spacial score (nSPS) is 10.4. The van der Waals surface area contributed by atoms with Crippen molar-refractivity contribution in [1.82, 2.24) is 0 Å². The quantitative estimate of drug-likeness (QED) is 0.609. The minimum atomic E-state index is 0.706. The summed E-state index contributed by atoms with van der Waals surface area (Å²) in [6, 6.07) is 16.2. The molecule has 0 radical (unpaired) electrons. The fourth-order valence-electron chi connectivity index (χ4n) is 2.02. The van der Waals surface area contributed by atoms with Crippen molar-refractivity contribution in [2.75, 3.05) is 12.3 Å². The molecule has 0 heterocycles. The molecule has 0 aliphatic rings. The summed E-state index contributed by atoms with van der Waals surface area (Å²) >= 11 is 0. The third-order valence-corrected chi connectivity index (χ3v) is 3.12. The highest BCUT2D eigenvalue weighted by atomic mass is 16.5. The van der Waals surface area contributed by atoms with Gasteiger partial charge in [-0.3, -0.25) is 0 Å². The number of hydrogen-bond acceptors (Lipinski definition) is 2. The number of ether oxygens (including phenoxy) is 1. The maximum Gasteiger partial charge on any atom is 0.142 e. The molecule has 0 saturated carbocycles. The SMILES string of the molecule is CCCCCOc1ccc(-c2ccccc2)cc1N. The smallest absolute Gasteiger partial charge is 0.142 e. The number of unbranched alkanes of at least 4 members (excludes halogenated alkanes) is 2. The van der Waals surface area contributed by atoms with E-state index in [2.05, 4.69) is 25.1 Å². The number of rotatable bonds is 6. The summed E-state index contributed by atoms with van der Waals surface area (Å²) in [7, 11) is 0. The molecule has 0 aromatic heterocycles. The lowest BCUT2D eigenvalue weighted by molar-refractivity contribution is 0.308. The van der Waals surface area contributed by atoms with Gasteiger partial charge in [-0.1, -0.05) is 56.2 Å². The third kappa shape index (κ3) is 3.75. The van der Waals surface area contributed by atoms with Gasteiger partial charge in [0, 0.05) is 0 Å². The van der Waals surface area contributed by atoms with Crippen molar-refractivity contribution in [3.63, 3.8) is 0 Å². The monoisotopic (exact) mass is 255 g/mol. The van der Waals surface area contributed by atoms with Crippen molar-refractivity contribution in [3.05, 3.63) is 48.5 Å². The van der Waals surface area contributed by atoms with Gasteiger partial charge in [-0.05, 0) is 29.7 Å². The van der Waals surface area contributed by atoms with Crippen molar-refractivity contribution in [3.8, 4) is 16.9 Å². The standard InChI is InChI=1S/C17H21NO/c1-2-3-7-12-19-17-11-10-15(13-16(17)18)14-8-5-4-6-9-14/h4-6,8-11,13H,2-3,7,12,18H2,1H3. The van der Waals surface area contributed by atoms with Gasteiger partial charge in [0.15, 0.2) is 0 Å². The molecule has 100 valence electrons. The Balaban J connectivity index is 2.05. The summed E-state index contributed by atoms with van der Waals surface area (Å²) in [6.07, 6.45) is 3.48. The van der Waals surface area contributed by atoms with Gasteiger partial charge in [0.2, 0.25) is 0 Å². The van der Waals surface area contributed by atoms with E-state index in [9.17, 15) is 0 Å². The van der Waals surface area contributed by atoms with E-state index in [1.54, 1.807) is 0 Å². The Hall–Kier alpha value is -1.96. The van der Waals surface area contributed by atoms with Crippen LogP contribution >= 0.6 is 0 Å². The Bertz CT molecular complexity index is 508. The van der Waals surface area contributed by atoms with E-state index in [0.717, 1.165) is 24.3 Å². The number of nitrogen functional groups attached to an aromatic ring is 1. The third-order valence-electron chi connectivity index (χ3n) is 3.12. The summed E-state index contributed by atoms with van der Waals surface area (Å²) in [5.41, 5.74) is 9.05. The molecule has 0 saturated heterocycles. The number of anilines is 1. The summed E-state index contributed by atoms with van der Waals surface area (Å²) in [5, 5.41) is 0. The molecule has 0 atom stereocenters. The molecule has 0 fully saturated rings. The van der Waals surface area contributed by atoms with Gasteiger partial charge in [0.1, 0.15) is 5.75 Å². The van der Waals surface area contributed by atoms with E-state index in [4.69, 9.17) is 10.5 Å². The van der Waals surface area contributed by atoms with Gasteiger partial charge in [-0.25, -0.2) is 0 Å². The van der Waals surface area contributed by atoms with Crippen molar-refractivity contribution in [1.29, 1.82) is 0 Å². The predicted octanol–water partition coefficient (Wildman–Crippen LogP) is 4.50. The van der Waals surface area contributed by atoms with Crippen LogP contribution in [0.15, 0.2) is 48.5 Å². The number of nitrogens with two attached hydrogens (primary N) is 1. The van der Waals surface area contributed by atoms with Gasteiger partial charge in [-0.2, -0.15) is 0 Å². The summed E-state index contributed by atoms with van der Waals surface area (Å²) < 4.78 is 5.70. The average Bonchev–Trinajstić information content (AvgIpc) is 2.46. The highest BCUT2D eigenvalue weighted by Gasteiger charge is 2.03. The largest absolute Gasteiger partial charge is 0.491 e. The van der Waals surface area contributed by atoms with Gasteiger partial charge in [-0.15, -0.1) is 0 Å². The second kappa shape index (κ2) is 6.83. The minimum Gasteiger partial charge on any atom is -0.491 e. The zero-order chi connectivity index (χ0) is 13.5. The Kier molecular flexibility index (Phi) is 4.85. The van der Waals surface area contributed by atoms with Gasteiger partial charge in [0.05, 0.1) is 12.3 Å². The molecule has 2 rings (SSSR count). The molecular weight excluding hydrogens is 234 g/mol. The van der Waals surface area contributed by atoms with E-state index >= 15 is 0 Å². The van der Waals surface area contributed by atoms with Gasteiger partial charge < -0.3 is 10.5 Å². The molecule has 19 heavy (non-hydrogen) atoms. The van der Waals surface area contributed by atoms with E-state index < -0.39 is 0 Å². The van der Waals surface area contributed by atoms with Crippen LogP contribution in [-0.2, 0) is 0 Å². The van der Waals surface area contributed by atoms with E-state index in [-0.39, 0.29) is 0 Å². The molecule has 0 unspecified atom stereocenters. The van der Waals surface area contributed by atoms with Crippen molar-refractivity contribution >= 4 is 5.69 Å². The van der Waals surface area contributed by atoms with E-state index in [1.807, 2.05) is 30.3 Å².